The summed E-state index contributed by atoms with van der Waals surface area (Å²) >= 11 is 0. The lowest BCUT2D eigenvalue weighted by Gasteiger charge is -2.50. The Morgan fingerprint density at radius 1 is 1.20 bits per heavy atom. The summed E-state index contributed by atoms with van der Waals surface area (Å²) in [6.45, 7) is 7.19. The Kier molecular flexibility index (Phi) is 3.36. The summed E-state index contributed by atoms with van der Waals surface area (Å²) in [5.74, 6) is -2.10. The first-order valence-corrected chi connectivity index (χ1v) is 9.18. The van der Waals surface area contributed by atoms with Crippen molar-refractivity contribution in [1.29, 1.82) is 0 Å². The fourth-order valence-corrected chi connectivity index (χ4v) is 6.38. The van der Waals surface area contributed by atoms with Crippen LogP contribution in [-0.2, 0) is 4.79 Å². The molecule has 25 heavy (non-hydrogen) atoms. The van der Waals surface area contributed by atoms with Crippen LogP contribution < -0.4 is 0 Å². The number of hydrogen-bond acceptors (Lipinski definition) is 5. The predicted molar refractivity (Wildman–Crippen MR) is 91.4 cm³/mol. The first-order valence-electron chi connectivity index (χ1n) is 9.18. The summed E-state index contributed by atoms with van der Waals surface area (Å²) in [6.07, 6.45) is 3.09. The highest BCUT2D eigenvalue weighted by Crippen LogP contribution is 2.74. The van der Waals surface area contributed by atoms with Gasteiger partial charge >= 0.3 is 0 Å². The number of carbonyl (C=O) groups excluding carboxylic acids is 1. The van der Waals surface area contributed by atoms with E-state index in [0.717, 1.165) is 5.57 Å². The first kappa shape index (κ1) is 17.4. The van der Waals surface area contributed by atoms with Crippen LogP contribution in [0.5, 0.6) is 0 Å². The standard InChI is InChI=1S/C20H28O5/c1-9-5-13-12(15(9)22)6-11(8-21)7-14-16-18(3,4)20(16,25)17(23)10(2)19(13,14)24/h5,7,10,12-14,16-17,21,23-25H,6,8H2,1-4H3/t10-,12-,13+,14-,16-,17-,19+,20-/m1/s1. The molecule has 0 heterocycles. The van der Waals surface area contributed by atoms with Crippen LogP contribution in [0.2, 0.25) is 0 Å². The molecule has 0 amide bonds. The van der Waals surface area contributed by atoms with E-state index in [1.54, 1.807) is 13.8 Å². The minimum absolute atomic E-state index is 0.0102. The van der Waals surface area contributed by atoms with E-state index in [-0.39, 0.29) is 18.3 Å². The molecule has 0 saturated heterocycles. The Labute approximate surface area is 148 Å². The highest BCUT2D eigenvalue weighted by Gasteiger charge is 2.83. The van der Waals surface area contributed by atoms with Crippen LogP contribution in [0, 0.1) is 35.0 Å². The van der Waals surface area contributed by atoms with Crippen molar-refractivity contribution in [2.45, 2.75) is 51.4 Å². The average molecular weight is 348 g/mol. The maximum Gasteiger partial charge on any atom is 0.162 e. The van der Waals surface area contributed by atoms with Gasteiger partial charge in [-0.05, 0) is 24.5 Å². The van der Waals surface area contributed by atoms with Crippen molar-refractivity contribution in [3.8, 4) is 0 Å². The number of hydrogen-bond donors (Lipinski definition) is 4. The molecule has 0 bridgehead atoms. The minimum atomic E-state index is -1.32. The molecule has 8 atom stereocenters. The van der Waals surface area contributed by atoms with Crippen LogP contribution >= 0.6 is 0 Å². The van der Waals surface area contributed by atoms with Gasteiger partial charge < -0.3 is 20.4 Å². The van der Waals surface area contributed by atoms with E-state index in [0.29, 0.717) is 12.0 Å². The van der Waals surface area contributed by atoms with Gasteiger partial charge in [0.15, 0.2) is 5.78 Å². The van der Waals surface area contributed by atoms with Gasteiger partial charge in [0.05, 0.1) is 18.3 Å². The summed E-state index contributed by atoms with van der Waals surface area (Å²) in [7, 11) is 0. The zero-order valence-electron chi connectivity index (χ0n) is 15.2. The Bertz CT molecular complexity index is 707. The van der Waals surface area contributed by atoms with Gasteiger partial charge in [-0.2, -0.15) is 0 Å². The lowest BCUT2D eigenvalue weighted by molar-refractivity contribution is -0.192. The number of Topliss-reactive ketones (excluding diaryl/α,β-unsaturated/α-hetero) is 1. The largest absolute Gasteiger partial charge is 0.392 e. The highest BCUT2D eigenvalue weighted by molar-refractivity contribution is 5.99. The molecule has 5 nitrogen and oxygen atoms in total. The zero-order chi connectivity index (χ0) is 18.5. The number of allylic oxidation sites excluding steroid dienone is 1. The average Bonchev–Trinajstić information content (AvgIpc) is 2.92. The number of fused-ring (bicyclic) bond motifs is 5. The molecule has 0 spiro atoms. The van der Waals surface area contributed by atoms with Crippen LogP contribution in [0.15, 0.2) is 23.3 Å². The van der Waals surface area contributed by atoms with E-state index < -0.39 is 46.4 Å². The Morgan fingerprint density at radius 3 is 2.44 bits per heavy atom. The third-order valence-electron chi connectivity index (χ3n) is 7.97. The Morgan fingerprint density at radius 2 is 1.84 bits per heavy atom. The fraction of sp³-hybridized carbons (Fsp3) is 0.750. The van der Waals surface area contributed by atoms with E-state index in [1.165, 1.54) is 0 Å². The lowest BCUT2D eigenvalue weighted by atomic mass is 9.60. The molecule has 0 unspecified atom stereocenters. The fourth-order valence-electron chi connectivity index (χ4n) is 6.38. The second-order valence-corrected chi connectivity index (χ2v) is 9.20. The normalized spacial score (nSPS) is 53.2. The quantitative estimate of drug-likeness (QED) is 0.526. The summed E-state index contributed by atoms with van der Waals surface area (Å²) in [5, 5.41) is 43.7. The number of rotatable bonds is 1. The van der Waals surface area contributed by atoms with E-state index in [9.17, 15) is 25.2 Å². The Hall–Kier alpha value is -1.01. The van der Waals surface area contributed by atoms with Crippen molar-refractivity contribution >= 4 is 5.78 Å². The van der Waals surface area contributed by atoms with Crippen molar-refractivity contribution in [1.82, 2.24) is 0 Å². The van der Waals surface area contributed by atoms with Gasteiger partial charge in [-0.3, -0.25) is 4.79 Å². The molecule has 138 valence electrons. The zero-order valence-corrected chi connectivity index (χ0v) is 15.2. The molecule has 4 rings (SSSR count). The molecule has 2 fully saturated rings. The molecular formula is C20H28O5. The monoisotopic (exact) mass is 348 g/mol. The molecule has 0 radical (unpaired) electrons. The topological polar surface area (TPSA) is 98.0 Å². The molecular weight excluding hydrogens is 320 g/mol. The number of aliphatic hydroxyl groups excluding tert-OH is 2. The molecule has 0 aromatic carbocycles. The molecule has 4 aliphatic rings. The molecule has 4 aliphatic carbocycles. The van der Waals surface area contributed by atoms with Gasteiger partial charge in [0, 0.05) is 35.0 Å². The van der Waals surface area contributed by atoms with Gasteiger partial charge in [-0.1, -0.05) is 32.9 Å². The summed E-state index contributed by atoms with van der Waals surface area (Å²) < 4.78 is 0. The lowest BCUT2D eigenvalue weighted by Crippen LogP contribution is -2.62. The van der Waals surface area contributed by atoms with Gasteiger partial charge in [0.1, 0.15) is 5.60 Å². The summed E-state index contributed by atoms with van der Waals surface area (Å²) in [6, 6.07) is 0. The third-order valence-corrected chi connectivity index (χ3v) is 7.97. The van der Waals surface area contributed by atoms with Gasteiger partial charge in [0.2, 0.25) is 0 Å². The minimum Gasteiger partial charge on any atom is -0.392 e. The van der Waals surface area contributed by atoms with E-state index in [4.69, 9.17) is 0 Å². The van der Waals surface area contributed by atoms with Gasteiger partial charge in [0.25, 0.3) is 0 Å². The van der Waals surface area contributed by atoms with Gasteiger partial charge in [-0.15, -0.1) is 0 Å². The number of ketones is 1. The second-order valence-electron chi connectivity index (χ2n) is 9.20. The first-order chi connectivity index (χ1) is 11.5. The van der Waals surface area contributed by atoms with Crippen LogP contribution in [0.4, 0.5) is 0 Å². The second kappa shape index (κ2) is 4.83. The summed E-state index contributed by atoms with van der Waals surface area (Å²) in [4.78, 5) is 12.6. The van der Waals surface area contributed by atoms with Crippen molar-refractivity contribution in [2.75, 3.05) is 6.61 Å². The predicted octanol–water partition coefficient (Wildman–Crippen LogP) is 0.815. The maximum absolute atomic E-state index is 12.6. The molecule has 2 saturated carbocycles. The number of carbonyl (C=O) groups is 1. The van der Waals surface area contributed by atoms with Crippen LogP contribution in [-0.4, -0.2) is 50.1 Å². The van der Waals surface area contributed by atoms with E-state index >= 15 is 0 Å². The summed E-state index contributed by atoms with van der Waals surface area (Å²) in [5.41, 5.74) is -1.73. The third kappa shape index (κ3) is 1.75. The molecule has 0 aliphatic heterocycles. The van der Waals surface area contributed by atoms with Gasteiger partial charge in [-0.25, -0.2) is 0 Å². The van der Waals surface area contributed by atoms with Crippen molar-refractivity contribution < 1.29 is 25.2 Å². The van der Waals surface area contributed by atoms with Crippen LogP contribution in [0.25, 0.3) is 0 Å². The van der Waals surface area contributed by atoms with Crippen LogP contribution in [0.3, 0.4) is 0 Å². The van der Waals surface area contributed by atoms with Crippen LogP contribution in [0.1, 0.15) is 34.1 Å². The van der Waals surface area contributed by atoms with Crippen molar-refractivity contribution in [2.24, 2.45) is 35.0 Å². The molecule has 4 N–H and O–H groups in total. The molecule has 5 heteroatoms. The maximum atomic E-state index is 12.6. The molecule has 0 aromatic heterocycles. The molecule has 0 aromatic rings. The van der Waals surface area contributed by atoms with Crippen molar-refractivity contribution in [3.63, 3.8) is 0 Å². The van der Waals surface area contributed by atoms with E-state index in [2.05, 4.69) is 0 Å². The smallest absolute Gasteiger partial charge is 0.162 e. The highest BCUT2D eigenvalue weighted by atomic mass is 16.4. The SMILES string of the molecule is CC1=C[C@H]2[C@@H](CC(CO)=C[C@@H]3[C@@H]4C(C)(C)[C@]4(O)[C@H](O)[C@@H](C)[C@@]32O)C1=O. The number of aliphatic hydroxyl groups is 4. The van der Waals surface area contributed by atoms with E-state index in [1.807, 2.05) is 26.0 Å². The Balaban J connectivity index is 1.91. The van der Waals surface area contributed by atoms with Crippen molar-refractivity contribution in [3.05, 3.63) is 23.3 Å².